The van der Waals surface area contributed by atoms with E-state index in [2.05, 4.69) is 34.1 Å². The third-order valence-electron chi connectivity index (χ3n) is 4.82. The summed E-state index contributed by atoms with van der Waals surface area (Å²) in [4.78, 5) is 21.3. The second-order valence-electron chi connectivity index (χ2n) is 6.51. The molecule has 0 N–H and O–H groups in total. The van der Waals surface area contributed by atoms with E-state index in [0.717, 1.165) is 30.5 Å². The zero-order valence-electron chi connectivity index (χ0n) is 14.4. The molecule has 1 aliphatic rings. The van der Waals surface area contributed by atoms with Gasteiger partial charge >= 0.3 is 0 Å². The Morgan fingerprint density at radius 3 is 2.54 bits per heavy atom. The first-order valence-corrected chi connectivity index (χ1v) is 8.74. The fourth-order valence-electron chi connectivity index (χ4n) is 3.38. The number of benzene rings is 1. The molecule has 0 radical (unpaired) electrons. The summed E-state index contributed by atoms with van der Waals surface area (Å²) in [5.41, 5.74) is 2.82. The lowest BCUT2D eigenvalue weighted by Gasteiger charge is -2.34. The molecule has 1 aromatic carbocycles. The minimum absolute atomic E-state index is 0.0166. The molecule has 1 amide bonds. The van der Waals surface area contributed by atoms with E-state index in [4.69, 9.17) is 0 Å². The van der Waals surface area contributed by atoms with E-state index in [1.807, 2.05) is 17.2 Å². The molecule has 6 heteroatoms. The molecular formula is C20H20N4O2. The molecule has 26 heavy (non-hydrogen) atoms. The molecule has 1 fully saturated rings. The number of carbonyl (C=O) groups is 1. The first kappa shape index (κ1) is 16.5. The van der Waals surface area contributed by atoms with Gasteiger partial charge in [-0.1, -0.05) is 24.3 Å². The van der Waals surface area contributed by atoms with Crippen molar-refractivity contribution in [1.29, 1.82) is 0 Å². The number of fused-ring (bicyclic) bond motifs is 1. The summed E-state index contributed by atoms with van der Waals surface area (Å²) in [6.45, 7) is 3.84. The maximum Gasteiger partial charge on any atom is 0.254 e. The van der Waals surface area contributed by atoms with Gasteiger partial charge in [0.2, 0.25) is 0 Å². The van der Waals surface area contributed by atoms with Gasteiger partial charge in [-0.05, 0) is 11.6 Å². The van der Waals surface area contributed by atoms with Crippen molar-refractivity contribution in [2.75, 3.05) is 26.2 Å². The number of rotatable bonds is 3. The van der Waals surface area contributed by atoms with Crippen LogP contribution in [0.15, 0.2) is 61.1 Å². The van der Waals surface area contributed by atoms with Crippen molar-refractivity contribution < 1.29 is 9.52 Å². The lowest BCUT2D eigenvalue weighted by atomic mass is 10.1. The summed E-state index contributed by atoms with van der Waals surface area (Å²) in [5, 5.41) is 12.3. The van der Waals surface area contributed by atoms with Gasteiger partial charge < -0.3 is 10.1 Å². The maximum absolute atomic E-state index is 12.5. The topological polar surface area (TPSA) is 63.4 Å². The average molecular weight is 348 g/mol. The molecule has 2 aromatic heterocycles. The van der Waals surface area contributed by atoms with Gasteiger partial charge in [0.1, 0.15) is 0 Å². The van der Waals surface area contributed by atoms with Gasteiger partial charge in [-0.2, -0.15) is 4.73 Å². The van der Waals surface area contributed by atoms with Crippen molar-refractivity contribution in [1.82, 2.24) is 14.8 Å². The first-order valence-electron chi connectivity index (χ1n) is 8.74. The van der Waals surface area contributed by atoms with Crippen molar-refractivity contribution in [2.45, 2.75) is 6.54 Å². The van der Waals surface area contributed by atoms with Crippen LogP contribution in [0.25, 0.3) is 10.9 Å². The smallest absolute Gasteiger partial charge is 0.254 e. The summed E-state index contributed by atoms with van der Waals surface area (Å²) >= 11 is 0. The number of nitrogens with zero attached hydrogens (tertiary/aromatic N) is 4. The van der Waals surface area contributed by atoms with E-state index in [-0.39, 0.29) is 5.91 Å². The molecule has 132 valence electrons. The Labute approximate surface area is 151 Å². The van der Waals surface area contributed by atoms with Crippen LogP contribution in [0.3, 0.4) is 0 Å². The Morgan fingerprint density at radius 2 is 1.77 bits per heavy atom. The number of hydrogen-bond acceptors (Lipinski definition) is 4. The monoisotopic (exact) mass is 348 g/mol. The van der Waals surface area contributed by atoms with Gasteiger partial charge in [-0.3, -0.25) is 14.7 Å². The van der Waals surface area contributed by atoms with Crippen LogP contribution in [-0.2, 0) is 6.54 Å². The summed E-state index contributed by atoms with van der Waals surface area (Å²) in [5.74, 6) is -0.0166. The highest BCUT2D eigenvalue weighted by Crippen LogP contribution is 2.18. The Hall–Kier alpha value is -2.99. The molecule has 0 bridgehead atoms. The van der Waals surface area contributed by atoms with E-state index < -0.39 is 0 Å². The van der Waals surface area contributed by atoms with Gasteiger partial charge in [0.05, 0.1) is 11.1 Å². The van der Waals surface area contributed by atoms with E-state index in [0.29, 0.717) is 23.4 Å². The first-order chi connectivity index (χ1) is 12.7. The second-order valence-corrected chi connectivity index (χ2v) is 6.51. The SMILES string of the molecule is O=C(c1cc[n+]([O-])cc1)N1CCN(Cc2cccc3cccnc23)CC1. The Balaban J connectivity index is 1.40. The summed E-state index contributed by atoms with van der Waals surface area (Å²) in [6, 6.07) is 13.4. The number of hydrogen-bond donors (Lipinski definition) is 0. The fourth-order valence-corrected chi connectivity index (χ4v) is 3.38. The molecule has 3 aromatic rings. The predicted molar refractivity (Wildman–Crippen MR) is 98.3 cm³/mol. The molecule has 0 unspecified atom stereocenters. The molecule has 0 spiro atoms. The Bertz CT molecular complexity index is 913. The third-order valence-corrected chi connectivity index (χ3v) is 4.82. The molecule has 3 heterocycles. The van der Waals surface area contributed by atoms with Crippen LogP contribution in [0, 0.1) is 5.21 Å². The number of piperazine rings is 1. The number of pyridine rings is 2. The summed E-state index contributed by atoms with van der Waals surface area (Å²) in [7, 11) is 0. The lowest BCUT2D eigenvalue weighted by molar-refractivity contribution is -0.605. The molecule has 6 nitrogen and oxygen atoms in total. The fraction of sp³-hybridized carbons (Fsp3) is 0.250. The van der Waals surface area contributed by atoms with Crippen molar-refractivity contribution >= 4 is 16.8 Å². The van der Waals surface area contributed by atoms with Crippen molar-refractivity contribution in [2.24, 2.45) is 0 Å². The number of aromatic nitrogens is 2. The lowest BCUT2D eigenvalue weighted by Crippen LogP contribution is -2.48. The van der Waals surface area contributed by atoms with Crippen LogP contribution in [0.1, 0.15) is 15.9 Å². The normalized spacial score (nSPS) is 15.3. The molecule has 4 rings (SSSR count). The van der Waals surface area contributed by atoms with Crippen LogP contribution in [0.2, 0.25) is 0 Å². The van der Waals surface area contributed by atoms with E-state index >= 15 is 0 Å². The molecule has 1 saturated heterocycles. The van der Waals surface area contributed by atoms with E-state index in [1.54, 1.807) is 12.1 Å². The van der Waals surface area contributed by atoms with Crippen molar-refractivity contribution in [3.8, 4) is 0 Å². The molecule has 1 aliphatic heterocycles. The summed E-state index contributed by atoms with van der Waals surface area (Å²) in [6.07, 6.45) is 4.54. The molecule has 0 aliphatic carbocycles. The van der Waals surface area contributed by atoms with Crippen molar-refractivity contribution in [3.05, 3.63) is 77.4 Å². The van der Waals surface area contributed by atoms with Gasteiger partial charge in [-0.15, -0.1) is 0 Å². The highest BCUT2D eigenvalue weighted by molar-refractivity contribution is 5.94. The zero-order valence-corrected chi connectivity index (χ0v) is 14.4. The van der Waals surface area contributed by atoms with Crippen LogP contribution in [0.5, 0.6) is 0 Å². The van der Waals surface area contributed by atoms with Crippen LogP contribution < -0.4 is 4.73 Å². The highest BCUT2D eigenvalue weighted by Gasteiger charge is 2.23. The average Bonchev–Trinajstić information content (AvgIpc) is 2.69. The van der Waals surface area contributed by atoms with Crippen molar-refractivity contribution in [3.63, 3.8) is 0 Å². The van der Waals surface area contributed by atoms with Gasteiger partial charge in [-0.25, -0.2) is 0 Å². The minimum atomic E-state index is -0.0166. The maximum atomic E-state index is 12.5. The quantitative estimate of drug-likeness (QED) is 0.535. The highest BCUT2D eigenvalue weighted by atomic mass is 16.5. The Kier molecular flexibility index (Phi) is 4.50. The van der Waals surface area contributed by atoms with Crippen LogP contribution >= 0.6 is 0 Å². The predicted octanol–water partition coefficient (Wildman–Crippen LogP) is 1.83. The van der Waals surface area contributed by atoms with Gasteiger partial charge in [0.15, 0.2) is 12.4 Å². The number of amides is 1. The van der Waals surface area contributed by atoms with E-state index in [1.165, 1.54) is 18.0 Å². The molecule has 0 atom stereocenters. The third kappa shape index (κ3) is 3.36. The zero-order chi connectivity index (χ0) is 17.9. The van der Waals surface area contributed by atoms with E-state index in [9.17, 15) is 10.0 Å². The second kappa shape index (κ2) is 7.09. The standard InChI is InChI=1S/C20H20N4O2/c25-20(17-6-9-24(26)10-7-17)23-13-11-22(12-14-23)15-18-4-1-3-16-5-2-8-21-19(16)18/h1-10H,11-15H2. The van der Waals surface area contributed by atoms with Crippen LogP contribution in [-0.4, -0.2) is 46.9 Å². The molecular weight excluding hydrogens is 328 g/mol. The van der Waals surface area contributed by atoms with Gasteiger partial charge in [0, 0.05) is 56.4 Å². The Morgan fingerprint density at radius 1 is 1.04 bits per heavy atom. The largest absolute Gasteiger partial charge is 0.619 e. The number of para-hydroxylation sites is 1. The number of carbonyl (C=O) groups excluding carboxylic acids is 1. The minimum Gasteiger partial charge on any atom is -0.619 e. The molecule has 0 saturated carbocycles. The summed E-state index contributed by atoms with van der Waals surface area (Å²) < 4.78 is 0.687. The van der Waals surface area contributed by atoms with Gasteiger partial charge in [0.25, 0.3) is 5.91 Å². The van der Waals surface area contributed by atoms with Crippen LogP contribution in [0.4, 0.5) is 0 Å².